The third-order valence-corrected chi connectivity index (χ3v) is 3.38. The molecule has 1 N–H and O–H groups in total. The van der Waals surface area contributed by atoms with Crippen molar-refractivity contribution in [2.24, 2.45) is 0 Å². The van der Waals surface area contributed by atoms with E-state index in [9.17, 15) is 22.8 Å². The monoisotopic (exact) mass is 309 g/mol. The van der Waals surface area contributed by atoms with E-state index < -0.39 is 17.4 Å². The molecular formula is C15H10F3NO3. The number of aromatic nitrogens is 1. The molecule has 0 saturated carbocycles. The first kappa shape index (κ1) is 14.4. The van der Waals surface area contributed by atoms with E-state index in [1.54, 1.807) is 0 Å². The number of carbonyl (C=O) groups excluding carboxylic acids is 1. The molecular weight excluding hydrogens is 299 g/mol. The highest BCUT2D eigenvalue weighted by Gasteiger charge is 2.35. The number of pyridine rings is 1. The van der Waals surface area contributed by atoms with Crippen LogP contribution in [0, 0.1) is 0 Å². The average molecular weight is 309 g/mol. The minimum absolute atomic E-state index is 0.180. The number of rotatable bonds is 1. The van der Waals surface area contributed by atoms with Gasteiger partial charge in [-0.15, -0.1) is 0 Å². The molecule has 1 aromatic heterocycles. The number of ketones is 1. The second-order valence-corrected chi connectivity index (χ2v) is 4.84. The van der Waals surface area contributed by atoms with Crippen LogP contribution in [-0.4, -0.2) is 17.4 Å². The number of hydrogen-bond acceptors (Lipinski definition) is 3. The molecule has 0 radical (unpaired) electrons. The van der Waals surface area contributed by atoms with Gasteiger partial charge in [0.1, 0.15) is 11.4 Å². The number of fused-ring (bicyclic) bond motifs is 1. The van der Waals surface area contributed by atoms with Crippen molar-refractivity contribution < 1.29 is 22.7 Å². The highest BCUT2D eigenvalue weighted by atomic mass is 19.4. The first-order valence-corrected chi connectivity index (χ1v) is 6.47. The van der Waals surface area contributed by atoms with E-state index in [-0.39, 0.29) is 35.5 Å². The number of halogens is 3. The molecule has 0 atom stereocenters. The van der Waals surface area contributed by atoms with E-state index in [0.29, 0.717) is 5.75 Å². The average Bonchev–Trinajstić information content (AvgIpc) is 2.46. The van der Waals surface area contributed by atoms with Crippen molar-refractivity contribution in [2.75, 3.05) is 6.61 Å². The standard InChI is InChI=1S/C15H10F3NO3/c16-15(17,18)14-9(2-4-13(21)19-14)8-1-3-12-10(7-8)11(20)5-6-22-12/h1-4,7H,5-6H2,(H,19,21). The lowest BCUT2D eigenvalue weighted by molar-refractivity contribution is -0.140. The molecule has 0 bridgehead atoms. The van der Waals surface area contributed by atoms with Crippen molar-refractivity contribution in [3.8, 4) is 16.9 Å². The van der Waals surface area contributed by atoms with Gasteiger partial charge in [0.05, 0.1) is 12.2 Å². The highest BCUT2D eigenvalue weighted by Crippen LogP contribution is 2.37. The molecule has 22 heavy (non-hydrogen) atoms. The molecule has 2 aromatic rings. The summed E-state index contributed by atoms with van der Waals surface area (Å²) in [4.78, 5) is 24.8. The summed E-state index contributed by atoms with van der Waals surface area (Å²) in [7, 11) is 0. The van der Waals surface area contributed by atoms with Crippen LogP contribution in [0.4, 0.5) is 13.2 Å². The van der Waals surface area contributed by atoms with Gasteiger partial charge in [0.25, 0.3) is 0 Å². The van der Waals surface area contributed by atoms with Crippen molar-refractivity contribution >= 4 is 5.78 Å². The zero-order valence-corrected chi connectivity index (χ0v) is 11.2. The van der Waals surface area contributed by atoms with E-state index in [1.807, 2.05) is 4.98 Å². The van der Waals surface area contributed by atoms with E-state index in [2.05, 4.69) is 0 Å². The van der Waals surface area contributed by atoms with Crippen LogP contribution in [0.1, 0.15) is 22.5 Å². The number of aromatic amines is 1. The van der Waals surface area contributed by atoms with Crippen LogP contribution in [0.3, 0.4) is 0 Å². The molecule has 1 aromatic carbocycles. The summed E-state index contributed by atoms with van der Waals surface area (Å²) in [5.41, 5.74) is -1.71. The molecule has 0 unspecified atom stereocenters. The molecule has 0 spiro atoms. The maximum Gasteiger partial charge on any atom is 0.431 e. The Kier molecular flexibility index (Phi) is 3.27. The predicted octanol–water partition coefficient (Wildman–Crippen LogP) is 3.03. The molecule has 4 nitrogen and oxygen atoms in total. The molecule has 2 heterocycles. The summed E-state index contributed by atoms with van der Waals surface area (Å²) in [5, 5.41) is 0. The summed E-state index contributed by atoms with van der Waals surface area (Å²) in [6, 6.07) is 6.37. The zero-order chi connectivity index (χ0) is 15.9. The topological polar surface area (TPSA) is 59.2 Å². The van der Waals surface area contributed by atoms with Gasteiger partial charge in [-0.2, -0.15) is 13.2 Å². The second-order valence-electron chi connectivity index (χ2n) is 4.84. The molecule has 0 amide bonds. The van der Waals surface area contributed by atoms with Gasteiger partial charge in [0.15, 0.2) is 5.78 Å². The number of alkyl halides is 3. The lowest BCUT2D eigenvalue weighted by Crippen LogP contribution is -2.18. The van der Waals surface area contributed by atoms with E-state index in [1.165, 1.54) is 18.2 Å². The fourth-order valence-corrected chi connectivity index (χ4v) is 2.37. The van der Waals surface area contributed by atoms with Gasteiger partial charge < -0.3 is 9.72 Å². The molecule has 3 rings (SSSR count). The fourth-order valence-electron chi connectivity index (χ4n) is 2.37. The van der Waals surface area contributed by atoms with Gasteiger partial charge in [0, 0.05) is 18.1 Å². The molecule has 1 aliphatic heterocycles. The number of H-pyrrole nitrogens is 1. The van der Waals surface area contributed by atoms with Crippen LogP contribution in [-0.2, 0) is 6.18 Å². The minimum Gasteiger partial charge on any atom is -0.492 e. The minimum atomic E-state index is -4.70. The Morgan fingerprint density at radius 2 is 1.82 bits per heavy atom. The van der Waals surface area contributed by atoms with Gasteiger partial charge in [-0.25, -0.2) is 0 Å². The number of carbonyl (C=O) groups is 1. The van der Waals surface area contributed by atoms with Crippen molar-refractivity contribution in [2.45, 2.75) is 12.6 Å². The fraction of sp³-hybridized carbons (Fsp3) is 0.200. The predicted molar refractivity (Wildman–Crippen MR) is 71.9 cm³/mol. The van der Waals surface area contributed by atoms with Gasteiger partial charge in [0.2, 0.25) is 5.56 Å². The summed E-state index contributed by atoms with van der Waals surface area (Å²) in [6.45, 7) is 0.262. The SMILES string of the molecule is O=C1CCOc2ccc(-c3ccc(=O)[nH]c3C(F)(F)F)cc21. The first-order chi connectivity index (χ1) is 10.4. The van der Waals surface area contributed by atoms with Gasteiger partial charge >= 0.3 is 6.18 Å². The number of nitrogens with one attached hydrogen (secondary N) is 1. The van der Waals surface area contributed by atoms with Crippen molar-refractivity contribution in [1.29, 1.82) is 0 Å². The largest absolute Gasteiger partial charge is 0.492 e. The Labute approximate surface area is 122 Å². The molecule has 0 fully saturated rings. The van der Waals surface area contributed by atoms with Gasteiger partial charge in [-0.3, -0.25) is 9.59 Å². The van der Waals surface area contributed by atoms with Crippen molar-refractivity contribution in [1.82, 2.24) is 4.98 Å². The quantitative estimate of drug-likeness (QED) is 0.881. The third-order valence-electron chi connectivity index (χ3n) is 3.38. The van der Waals surface area contributed by atoms with Crippen LogP contribution in [0.2, 0.25) is 0 Å². The second kappa shape index (κ2) is 5.01. The van der Waals surface area contributed by atoms with Crippen LogP contribution >= 0.6 is 0 Å². The van der Waals surface area contributed by atoms with Crippen LogP contribution in [0.25, 0.3) is 11.1 Å². The lowest BCUT2D eigenvalue weighted by Gasteiger charge is -2.18. The number of ether oxygens (including phenoxy) is 1. The Morgan fingerprint density at radius 1 is 1.05 bits per heavy atom. The summed E-state index contributed by atoms with van der Waals surface area (Å²) in [6.07, 6.45) is -4.51. The molecule has 1 aliphatic rings. The maximum absolute atomic E-state index is 13.1. The normalized spacial score (nSPS) is 14.4. The summed E-state index contributed by atoms with van der Waals surface area (Å²) in [5.74, 6) is 0.180. The van der Waals surface area contributed by atoms with Crippen LogP contribution < -0.4 is 10.3 Å². The lowest BCUT2D eigenvalue weighted by atomic mass is 9.97. The Morgan fingerprint density at radius 3 is 2.55 bits per heavy atom. The van der Waals surface area contributed by atoms with Crippen molar-refractivity contribution in [3.05, 3.63) is 51.9 Å². The third kappa shape index (κ3) is 2.49. The molecule has 0 aliphatic carbocycles. The zero-order valence-electron chi connectivity index (χ0n) is 11.2. The van der Waals surface area contributed by atoms with Crippen LogP contribution in [0.5, 0.6) is 5.75 Å². The molecule has 7 heteroatoms. The Bertz CT molecular complexity index is 808. The Hall–Kier alpha value is -2.57. The van der Waals surface area contributed by atoms with E-state index in [0.717, 1.165) is 12.1 Å². The van der Waals surface area contributed by atoms with E-state index >= 15 is 0 Å². The molecule has 0 saturated heterocycles. The van der Waals surface area contributed by atoms with Crippen LogP contribution in [0.15, 0.2) is 35.1 Å². The van der Waals surface area contributed by atoms with Gasteiger partial charge in [-0.05, 0) is 23.8 Å². The Balaban J connectivity index is 2.19. The number of Topliss-reactive ketones (excluding diaryl/α,β-unsaturated/α-hetero) is 1. The smallest absolute Gasteiger partial charge is 0.431 e. The van der Waals surface area contributed by atoms with Gasteiger partial charge in [-0.1, -0.05) is 6.07 Å². The maximum atomic E-state index is 13.1. The molecule has 114 valence electrons. The number of hydrogen-bond donors (Lipinski definition) is 1. The highest BCUT2D eigenvalue weighted by molar-refractivity contribution is 6.00. The first-order valence-electron chi connectivity index (χ1n) is 6.47. The van der Waals surface area contributed by atoms with E-state index in [4.69, 9.17) is 4.74 Å². The summed E-state index contributed by atoms with van der Waals surface area (Å²) < 4.78 is 44.5. The summed E-state index contributed by atoms with van der Waals surface area (Å²) >= 11 is 0. The van der Waals surface area contributed by atoms with Crippen molar-refractivity contribution in [3.63, 3.8) is 0 Å². The number of benzene rings is 1.